The van der Waals surface area contributed by atoms with Crippen molar-refractivity contribution in [2.24, 2.45) is 0 Å². The summed E-state index contributed by atoms with van der Waals surface area (Å²) in [5.74, 6) is 1.65. The van der Waals surface area contributed by atoms with E-state index in [0.29, 0.717) is 23.2 Å². The van der Waals surface area contributed by atoms with E-state index in [1.54, 1.807) is 24.3 Å². The maximum atomic E-state index is 11.4. The first-order chi connectivity index (χ1) is 10.5. The quantitative estimate of drug-likeness (QED) is 0.711. The zero-order chi connectivity index (χ0) is 15.6. The maximum absolute atomic E-state index is 11.4. The van der Waals surface area contributed by atoms with Gasteiger partial charge in [-0.25, -0.2) is 8.42 Å². The first kappa shape index (κ1) is 14.3. The monoisotopic (exact) mass is 320 g/mol. The van der Waals surface area contributed by atoms with E-state index < -0.39 is 9.84 Å². The Labute approximate surface area is 126 Å². The zero-order valence-corrected chi connectivity index (χ0v) is 12.4. The van der Waals surface area contributed by atoms with Crippen molar-refractivity contribution in [1.29, 1.82) is 0 Å². The second-order valence-corrected chi connectivity index (χ2v) is 6.54. The van der Waals surface area contributed by atoms with Crippen LogP contribution in [0.15, 0.2) is 56.5 Å². The lowest BCUT2D eigenvalue weighted by molar-refractivity contribution is 0.243. The van der Waals surface area contributed by atoms with Gasteiger partial charge in [0, 0.05) is 6.26 Å². The highest BCUT2D eigenvalue weighted by atomic mass is 32.2. The fraction of sp³-hybridized carbons (Fsp3) is 0.143. The van der Waals surface area contributed by atoms with Crippen LogP contribution in [0.1, 0.15) is 5.89 Å². The first-order valence-electron chi connectivity index (χ1n) is 6.32. The van der Waals surface area contributed by atoms with E-state index in [0.717, 1.165) is 6.26 Å². The van der Waals surface area contributed by atoms with Crippen LogP contribution in [0, 0.1) is 0 Å². The van der Waals surface area contributed by atoms with Gasteiger partial charge in [-0.2, -0.15) is 4.98 Å². The van der Waals surface area contributed by atoms with E-state index in [-0.39, 0.29) is 11.5 Å². The van der Waals surface area contributed by atoms with Crippen molar-refractivity contribution < 1.29 is 22.1 Å². The van der Waals surface area contributed by atoms with Gasteiger partial charge < -0.3 is 13.7 Å². The van der Waals surface area contributed by atoms with E-state index in [2.05, 4.69) is 10.1 Å². The molecule has 0 atom stereocenters. The molecule has 0 aliphatic carbocycles. The third-order valence-corrected chi connectivity index (χ3v) is 3.95. The van der Waals surface area contributed by atoms with E-state index in [4.69, 9.17) is 13.7 Å². The Hall–Kier alpha value is -2.61. The molecule has 0 aliphatic rings. The Bertz CT molecular complexity index is 851. The molecule has 0 N–H and O–H groups in total. The molecule has 0 saturated heterocycles. The van der Waals surface area contributed by atoms with Gasteiger partial charge in [-0.1, -0.05) is 5.16 Å². The number of rotatable bonds is 5. The summed E-state index contributed by atoms with van der Waals surface area (Å²) in [7, 11) is -3.22. The SMILES string of the molecule is CS(=O)(=O)c1ccc(OCc2nc(-c3ccco3)no2)cc1. The normalized spacial score (nSPS) is 11.5. The molecule has 0 amide bonds. The van der Waals surface area contributed by atoms with Crippen LogP contribution in [0.25, 0.3) is 11.6 Å². The van der Waals surface area contributed by atoms with Crippen LogP contribution in [-0.4, -0.2) is 24.8 Å². The second kappa shape index (κ2) is 5.64. The standard InChI is InChI=1S/C14H12N2O5S/c1-22(17,18)11-6-4-10(5-7-11)20-9-13-15-14(16-21-13)12-3-2-8-19-12/h2-8H,9H2,1H3. The topological polar surface area (TPSA) is 95.4 Å². The summed E-state index contributed by atoms with van der Waals surface area (Å²) in [6.45, 7) is 0.0753. The van der Waals surface area contributed by atoms with Gasteiger partial charge in [0.25, 0.3) is 5.89 Å². The van der Waals surface area contributed by atoms with E-state index in [1.807, 2.05) is 0 Å². The van der Waals surface area contributed by atoms with Crippen molar-refractivity contribution in [1.82, 2.24) is 10.1 Å². The van der Waals surface area contributed by atoms with Crippen LogP contribution >= 0.6 is 0 Å². The van der Waals surface area contributed by atoms with Crippen LogP contribution in [0.3, 0.4) is 0 Å². The highest BCUT2D eigenvalue weighted by Crippen LogP contribution is 2.19. The minimum Gasteiger partial charge on any atom is -0.484 e. The maximum Gasteiger partial charge on any atom is 0.264 e. The fourth-order valence-corrected chi connectivity index (χ4v) is 2.38. The van der Waals surface area contributed by atoms with Gasteiger partial charge in [-0.05, 0) is 36.4 Å². The molecule has 3 rings (SSSR count). The van der Waals surface area contributed by atoms with Gasteiger partial charge >= 0.3 is 0 Å². The summed E-state index contributed by atoms with van der Waals surface area (Å²) in [4.78, 5) is 4.37. The summed E-state index contributed by atoms with van der Waals surface area (Å²) < 4.78 is 38.4. The molecule has 0 unspecified atom stereocenters. The largest absolute Gasteiger partial charge is 0.484 e. The summed E-state index contributed by atoms with van der Waals surface area (Å²) >= 11 is 0. The molecule has 0 aliphatic heterocycles. The molecule has 0 spiro atoms. The average Bonchev–Trinajstić information content (AvgIpc) is 3.15. The molecular weight excluding hydrogens is 308 g/mol. The predicted molar refractivity (Wildman–Crippen MR) is 75.9 cm³/mol. The summed E-state index contributed by atoms with van der Waals surface area (Å²) in [6.07, 6.45) is 2.67. The molecule has 2 aromatic heterocycles. The van der Waals surface area contributed by atoms with Crippen molar-refractivity contribution in [2.75, 3.05) is 6.26 Å². The van der Waals surface area contributed by atoms with Crippen LogP contribution in [0.5, 0.6) is 5.75 Å². The molecule has 0 fully saturated rings. The summed E-state index contributed by atoms with van der Waals surface area (Å²) in [5.41, 5.74) is 0. The lowest BCUT2D eigenvalue weighted by Crippen LogP contribution is -1.98. The minimum absolute atomic E-state index is 0.0753. The first-order valence-corrected chi connectivity index (χ1v) is 8.21. The van der Waals surface area contributed by atoms with Crippen LogP contribution in [-0.2, 0) is 16.4 Å². The van der Waals surface area contributed by atoms with E-state index >= 15 is 0 Å². The molecule has 7 nitrogen and oxygen atoms in total. The number of hydrogen-bond donors (Lipinski definition) is 0. The van der Waals surface area contributed by atoms with Crippen LogP contribution in [0.4, 0.5) is 0 Å². The molecule has 0 radical (unpaired) electrons. The fourth-order valence-electron chi connectivity index (χ4n) is 1.75. The molecule has 8 heteroatoms. The van der Waals surface area contributed by atoms with Crippen molar-refractivity contribution in [3.8, 4) is 17.3 Å². The molecule has 114 valence electrons. The van der Waals surface area contributed by atoms with Crippen LogP contribution in [0.2, 0.25) is 0 Å². The van der Waals surface area contributed by atoms with Crippen molar-refractivity contribution >= 4 is 9.84 Å². The summed E-state index contributed by atoms with van der Waals surface area (Å²) in [6, 6.07) is 9.55. The summed E-state index contributed by atoms with van der Waals surface area (Å²) in [5, 5.41) is 3.78. The molecular formula is C14H12N2O5S. The second-order valence-electron chi connectivity index (χ2n) is 4.52. The Kier molecular flexibility index (Phi) is 3.68. The highest BCUT2D eigenvalue weighted by Gasteiger charge is 2.11. The number of nitrogens with zero attached hydrogens (tertiary/aromatic N) is 2. The lowest BCUT2D eigenvalue weighted by atomic mass is 10.3. The zero-order valence-electron chi connectivity index (χ0n) is 11.6. The highest BCUT2D eigenvalue weighted by molar-refractivity contribution is 7.90. The van der Waals surface area contributed by atoms with E-state index in [9.17, 15) is 8.42 Å². The lowest BCUT2D eigenvalue weighted by Gasteiger charge is -2.03. The third kappa shape index (κ3) is 3.17. The Morgan fingerprint density at radius 1 is 1.18 bits per heavy atom. The van der Waals surface area contributed by atoms with Gasteiger partial charge in [0.15, 0.2) is 22.2 Å². The Morgan fingerprint density at radius 3 is 2.59 bits per heavy atom. The van der Waals surface area contributed by atoms with Gasteiger partial charge in [0.05, 0.1) is 11.2 Å². The van der Waals surface area contributed by atoms with Crippen LogP contribution < -0.4 is 4.74 Å². The van der Waals surface area contributed by atoms with Gasteiger partial charge in [0.1, 0.15) is 5.75 Å². The number of aromatic nitrogens is 2. The average molecular weight is 320 g/mol. The number of hydrogen-bond acceptors (Lipinski definition) is 7. The number of ether oxygens (including phenoxy) is 1. The Morgan fingerprint density at radius 2 is 1.95 bits per heavy atom. The number of benzene rings is 1. The molecule has 1 aromatic carbocycles. The smallest absolute Gasteiger partial charge is 0.264 e. The van der Waals surface area contributed by atoms with Gasteiger partial charge in [-0.15, -0.1) is 0 Å². The van der Waals surface area contributed by atoms with E-state index in [1.165, 1.54) is 18.4 Å². The van der Waals surface area contributed by atoms with Gasteiger partial charge in [-0.3, -0.25) is 0 Å². The molecule has 0 bridgehead atoms. The number of sulfone groups is 1. The molecule has 2 heterocycles. The molecule has 22 heavy (non-hydrogen) atoms. The Balaban J connectivity index is 1.65. The molecule has 0 saturated carbocycles. The number of furan rings is 1. The van der Waals surface area contributed by atoms with Crippen molar-refractivity contribution in [2.45, 2.75) is 11.5 Å². The van der Waals surface area contributed by atoms with Gasteiger partial charge in [0.2, 0.25) is 5.82 Å². The van der Waals surface area contributed by atoms with Crippen molar-refractivity contribution in [3.05, 3.63) is 48.6 Å². The predicted octanol–water partition coefficient (Wildman–Crippen LogP) is 2.31. The minimum atomic E-state index is -3.22. The third-order valence-electron chi connectivity index (χ3n) is 2.82. The van der Waals surface area contributed by atoms with Crippen molar-refractivity contribution in [3.63, 3.8) is 0 Å². The molecule has 3 aromatic rings.